The van der Waals surface area contributed by atoms with Gasteiger partial charge in [-0.15, -0.1) is 0 Å². The van der Waals surface area contributed by atoms with Crippen molar-refractivity contribution in [1.29, 1.82) is 0 Å². The SMILES string of the molecule is C[Si](C)(C)CCOCc1nc2[nH]cc(C(=O)O)c2nc1Br. The molecule has 2 N–H and O–H groups in total. The maximum Gasteiger partial charge on any atom is 0.339 e. The summed E-state index contributed by atoms with van der Waals surface area (Å²) in [6.45, 7) is 7.95. The Labute approximate surface area is 132 Å². The Morgan fingerprint density at radius 3 is 2.76 bits per heavy atom. The van der Waals surface area contributed by atoms with Crippen LogP contribution in [-0.2, 0) is 11.3 Å². The van der Waals surface area contributed by atoms with Crippen LogP contribution in [0.15, 0.2) is 10.8 Å². The summed E-state index contributed by atoms with van der Waals surface area (Å²) in [6.07, 6.45) is 1.40. The Balaban J connectivity index is 2.11. The summed E-state index contributed by atoms with van der Waals surface area (Å²) in [4.78, 5) is 22.5. The minimum atomic E-state index is -1.11. The Morgan fingerprint density at radius 2 is 2.14 bits per heavy atom. The van der Waals surface area contributed by atoms with Crippen LogP contribution in [0, 0.1) is 0 Å². The Hall–Kier alpha value is -1.25. The smallest absolute Gasteiger partial charge is 0.339 e. The molecular formula is C13H18BrN3O3Si. The van der Waals surface area contributed by atoms with E-state index >= 15 is 0 Å². The molecule has 0 saturated carbocycles. The number of H-pyrrole nitrogens is 1. The van der Waals surface area contributed by atoms with E-state index in [1.807, 2.05) is 0 Å². The lowest BCUT2D eigenvalue weighted by molar-refractivity contribution is 0.0699. The Bertz CT molecular complexity index is 666. The van der Waals surface area contributed by atoms with Crippen molar-refractivity contribution in [3.63, 3.8) is 0 Å². The van der Waals surface area contributed by atoms with E-state index in [0.717, 1.165) is 6.04 Å². The molecule has 6 nitrogen and oxygen atoms in total. The van der Waals surface area contributed by atoms with Crippen LogP contribution < -0.4 is 0 Å². The van der Waals surface area contributed by atoms with Gasteiger partial charge in [0.2, 0.25) is 0 Å². The quantitative estimate of drug-likeness (QED) is 0.600. The largest absolute Gasteiger partial charge is 0.478 e. The van der Waals surface area contributed by atoms with Gasteiger partial charge in [0.15, 0.2) is 5.65 Å². The first-order chi connectivity index (χ1) is 9.78. The van der Waals surface area contributed by atoms with Crippen LogP contribution in [-0.4, -0.2) is 40.7 Å². The minimum absolute atomic E-state index is 0.115. The normalized spacial score (nSPS) is 12.0. The molecule has 2 aromatic heterocycles. The number of carboxylic acid groups (broad SMARTS) is 1. The van der Waals surface area contributed by atoms with E-state index in [-0.39, 0.29) is 5.56 Å². The molecule has 0 atom stereocenters. The number of hydrogen-bond acceptors (Lipinski definition) is 4. The fraction of sp³-hybridized carbons (Fsp3) is 0.462. The van der Waals surface area contributed by atoms with Gasteiger partial charge in [-0.05, 0) is 22.0 Å². The number of aromatic amines is 1. The zero-order valence-corrected chi connectivity index (χ0v) is 14.8. The number of rotatable bonds is 6. The number of nitrogens with zero attached hydrogens (tertiary/aromatic N) is 2. The molecule has 0 unspecified atom stereocenters. The van der Waals surface area contributed by atoms with Crippen molar-refractivity contribution in [3.8, 4) is 0 Å². The number of nitrogens with one attached hydrogen (secondary N) is 1. The summed E-state index contributed by atoms with van der Waals surface area (Å²) in [7, 11) is -1.11. The molecule has 8 heteroatoms. The van der Waals surface area contributed by atoms with Crippen LogP contribution >= 0.6 is 15.9 Å². The third kappa shape index (κ3) is 4.11. The van der Waals surface area contributed by atoms with Gasteiger partial charge < -0.3 is 14.8 Å². The van der Waals surface area contributed by atoms with Gasteiger partial charge in [-0.25, -0.2) is 14.8 Å². The molecule has 0 spiro atoms. The number of aromatic nitrogens is 3. The first-order valence-corrected chi connectivity index (χ1v) is 11.1. The van der Waals surface area contributed by atoms with E-state index in [1.165, 1.54) is 6.20 Å². The topological polar surface area (TPSA) is 88.1 Å². The van der Waals surface area contributed by atoms with Crippen LogP contribution in [0.25, 0.3) is 11.2 Å². The molecule has 2 heterocycles. The van der Waals surface area contributed by atoms with Gasteiger partial charge in [0.05, 0.1) is 6.61 Å². The average Bonchev–Trinajstić information content (AvgIpc) is 2.76. The highest BCUT2D eigenvalue weighted by atomic mass is 79.9. The summed E-state index contributed by atoms with van der Waals surface area (Å²) >= 11 is 3.33. The lowest BCUT2D eigenvalue weighted by Gasteiger charge is -2.15. The number of aromatic carboxylic acids is 1. The number of ether oxygens (including phenoxy) is 1. The summed E-state index contributed by atoms with van der Waals surface area (Å²) in [5.41, 5.74) is 1.58. The first kappa shape index (κ1) is 16.1. The zero-order valence-electron chi connectivity index (χ0n) is 12.2. The van der Waals surface area contributed by atoms with Crippen LogP contribution in [0.2, 0.25) is 25.7 Å². The van der Waals surface area contributed by atoms with Crippen molar-refractivity contribution in [1.82, 2.24) is 15.0 Å². The highest BCUT2D eigenvalue weighted by Gasteiger charge is 2.16. The van der Waals surface area contributed by atoms with Gasteiger partial charge in [-0.1, -0.05) is 19.6 Å². The van der Waals surface area contributed by atoms with E-state index in [2.05, 4.69) is 50.5 Å². The molecule has 2 aromatic rings. The Kier molecular flexibility index (Phi) is 4.80. The number of carboxylic acids is 1. The molecule has 0 aromatic carbocycles. The molecule has 2 rings (SSSR count). The van der Waals surface area contributed by atoms with Crippen molar-refractivity contribution in [2.75, 3.05) is 6.61 Å². The molecule has 0 aliphatic carbocycles. The van der Waals surface area contributed by atoms with E-state index < -0.39 is 14.0 Å². The molecule has 0 radical (unpaired) electrons. The second-order valence-corrected chi connectivity index (χ2v) is 12.4. The summed E-state index contributed by atoms with van der Waals surface area (Å²) in [5, 5.41) is 9.06. The molecule has 0 aliphatic heterocycles. The predicted molar refractivity (Wildman–Crippen MR) is 86.4 cm³/mol. The van der Waals surface area contributed by atoms with Crippen molar-refractivity contribution in [2.24, 2.45) is 0 Å². The van der Waals surface area contributed by atoms with Gasteiger partial charge in [0, 0.05) is 20.9 Å². The van der Waals surface area contributed by atoms with Crippen LogP contribution in [0.5, 0.6) is 0 Å². The van der Waals surface area contributed by atoms with Crippen molar-refractivity contribution >= 4 is 41.1 Å². The number of carbonyl (C=O) groups is 1. The maximum atomic E-state index is 11.1. The van der Waals surface area contributed by atoms with E-state index in [0.29, 0.717) is 34.7 Å². The molecule has 0 aliphatic rings. The maximum absolute atomic E-state index is 11.1. The van der Waals surface area contributed by atoms with Gasteiger partial charge in [-0.3, -0.25) is 0 Å². The Morgan fingerprint density at radius 1 is 1.43 bits per heavy atom. The molecule has 0 fully saturated rings. The van der Waals surface area contributed by atoms with E-state index in [1.54, 1.807) is 0 Å². The molecule has 0 saturated heterocycles. The van der Waals surface area contributed by atoms with Crippen LogP contribution in [0.3, 0.4) is 0 Å². The highest BCUT2D eigenvalue weighted by Crippen LogP contribution is 2.21. The fourth-order valence-corrected chi connectivity index (χ4v) is 2.89. The van der Waals surface area contributed by atoms with Crippen molar-refractivity contribution in [3.05, 3.63) is 22.1 Å². The van der Waals surface area contributed by atoms with Crippen LogP contribution in [0.4, 0.5) is 0 Å². The first-order valence-electron chi connectivity index (χ1n) is 6.62. The molecule has 0 amide bonds. The summed E-state index contributed by atoms with van der Waals surface area (Å²) in [6, 6.07) is 1.09. The third-order valence-electron chi connectivity index (χ3n) is 2.99. The standard InChI is InChI=1S/C13H18BrN3O3Si/c1-21(2,3)5-4-20-7-9-11(14)17-10-8(13(18)19)6-15-12(10)16-9/h6H,4-5,7H2,1-3H3,(H,15,16)(H,18,19). The summed E-state index contributed by atoms with van der Waals surface area (Å²) < 4.78 is 6.17. The molecule has 114 valence electrons. The highest BCUT2D eigenvalue weighted by molar-refractivity contribution is 9.10. The molecular weight excluding hydrogens is 354 g/mol. The van der Waals surface area contributed by atoms with Crippen molar-refractivity contribution < 1.29 is 14.6 Å². The fourth-order valence-electron chi connectivity index (χ4n) is 1.75. The number of hydrogen-bond donors (Lipinski definition) is 2. The van der Waals surface area contributed by atoms with Crippen molar-refractivity contribution in [2.45, 2.75) is 32.3 Å². The van der Waals surface area contributed by atoms with Gasteiger partial charge in [-0.2, -0.15) is 0 Å². The summed E-state index contributed by atoms with van der Waals surface area (Å²) in [5.74, 6) is -1.03. The molecule has 21 heavy (non-hydrogen) atoms. The zero-order chi connectivity index (χ0) is 15.6. The van der Waals surface area contributed by atoms with Gasteiger partial charge in [0.1, 0.15) is 21.4 Å². The third-order valence-corrected chi connectivity index (χ3v) is 5.33. The second-order valence-electron chi connectivity index (χ2n) is 6.03. The van der Waals surface area contributed by atoms with Gasteiger partial charge >= 0.3 is 5.97 Å². The second kappa shape index (κ2) is 6.25. The number of fused-ring (bicyclic) bond motifs is 1. The lowest BCUT2D eigenvalue weighted by atomic mass is 10.3. The lowest BCUT2D eigenvalue weighted by Crippen LogP contribution is -2.21. The average molecular weight is 372 g/mol. The van der Waals surface area contributed by atoms with Gasteiger partial charge in [0.25, 0.3) is 0 Å². The molecule has 0 bridgehead atoms. The van der Waals surface area contributed by atoms with E-state index in [9.17, 15) is 4.79 Å². The predicted octanol–water partition coefficient (Wildman–Crippen LogP) is 3.27. The minimum Gasteiger partial charge on any atom is -0.478 e. The van der Waals surface area contributed by atoms with E-state index in [4.69, 9.17) is 9.84 Å². The number of halogens is 1. The monoisotopic (exact) mass is 371 g/mol. The van der Waals surface area contributed by atoms with Crippen LogP contribution in [0.1, 0.15) is 16.1 Å².